The van der Waals surface area contributed by atoms with E-state index in [-0.39, 0.29) is 5.91 Å². The van der Waals surface area contributed by atoms with Crippen molar-refractivity contribution in [2.45, 2.75) is 65.3 Å². The third kappa shape index (κ3) is 4.97. The monoisotopic (exact) mass is 276 g/mol. The number of hydrogen-bond acceptors (Lipinski definition) is 2. The smallest absolute Gasteiger partial charge is 0.226 e. The summed E-state index contributed by atoms with van der Waals surface area (Å²) in [6, 6.07) is 6.28. The van der Waals surface area contributed by atoms with Crippen molar-refractivity contribution in [3.05, 3.63) is 29.3 Å². The summed E-state index contributed by atoms with van der Waals surface area (Å²) in [5, 5.41) is 3.00. The van der Waals surface area contributed by atoms with Gasteiger partial charge < -0.3 is 11.1 Å². The van der Waals surface area contributed by atoms with Gasteiger partial charge in [-0.2, -0.15) is 0 Å². The number of nitrogens with one attached hydrogen (secondary N) is 1. The van der Waals surface area contributed by atoms with Crippen LogP contribution in [-0.2, 0) is 4.79 Å². The Morgan fingerprint density at radius 3 is 2.25 bits per heavy atom. The van der Waals surface area contributed by atoms with E-state index in [0.717, 1.165) is 5.69 Å². The van der Waals surface area contributed by atoms with Gasteiger partial charge in [0.2, 0.25) is 5.91 Å². The summed E-state index contributed by atoms with van der Waals surface area (Å²) in [7, 11) is 0. The van der Waals surface area contributed by atoms with Crippen molar-refractivity contribution in [1.29, 1.82) is 0 Å². The lowest BCUT2D eigenvalue weighted by Crippen LogP contribution is -2.36. The average molecular weight is 276 g/mol. The molecular weight excluding hydrogens is 248 g/mol. The third-order valence-corrected chi connectivity index (χ3v) is 3.25. The first-order valence-electron chi connectivity index (χ1n) is 7.32. The van der Waals surface area contributed by atoms with E-state index in [9.17, 15) is 4.79 Å². The Morgan fingerprint density at radius 2 is 1.80 bits per heavy atom. The summed E-state index contributed by atoms with van der Waals surface area (Å²) in [6.45, 7) is 12.4. The number of hydrogen-bond donors (Lipinski definition) is 2. The summed E-state index contributed by atoms with van der Waals surface area (Å²) in [4.78, 5) is 12.0. The molecule has 3 heteroatoms. The van der Waals surface area contributed by atoms with Crippen LogP contribution in [-0.4, -0.2) is 11.4 Å². The Hall–Kier alpha value is -1.35. The topological polar surface area (TPSA) is 55.1 Å². The van der Waals surface area contributed by atoms with E-state index in [0.29, 0.717) is 18.3 Å². The van der Waals surface area contributed by atoms with Gasteiger partial charge in [-0.1, -0.05) is 39.8 Å². The van der Waals surface area contributed by atoms with Crippen LogP contribution in [0, 0.1) is 0 Å². The standard InChI is InChI=1S/C17H28N2O/c1-11(2)13-7-8-15(14(9-13)12(3)4)19-16(20)10-17(5,6)18/h7-9,11-12H,10,18H2,1-6H3,(H,19,20). The highest BCUT2D eigenvalue weighted by molar-refractivity contribution is 5.92. The molecule has 0 radical (unpaired) electrons. The molecule has 112 valence electrons. The van der Waals surface area contributed by atoms with Crippen molar-refractivity contribution in [1.82, 2.24) is 0 Å². The quantitative estimate of drug-likeness (QED) is 0.854. The molecule has 20 heavy (non-hydrogen) atoms. The van der Waals surface area contributed by atoms with E-state index >= 15 is 0 Å². The lowest BCUT2D eigenvalue weighted by atomic mass is 9.94. The van der Waals surface area contributed by atoms with Gasteiger partial charge in [0.15, 0.2) is 0 Å². The van der Waals surface area contributed by atoms with Gasteiger partial charge in [0.25, 0.3) is 0 Å². The Labute approximate surface area is 122 Å². The molecule has 1 rings (SSSR count). The number of carbonyl (C=O) groups is 1. The second-order valence-corrected chi connectivity index (χ2v) is 6.87. The first-order chi connectivity index (χ1) is 9.10. The molecule has 0 fully saturated rings. The van der Waals surface area contributed by atoms with Crippen LogP contribution in [0.2, 0.25) is 0 Å². The molecule has 1 aromatic carbocycles. The van der Waals surface area contributed by atoms with E-state index < -0.39 is 5.54 Å². The van der Waals surface area contributed by atoms with Crippen LogP contribution in [0.25, 0.3) is 0 Å². The van der Waals surface area contributed by atoms with Crippen LogP contribution in [0.4, 0.5) is 5.69 Å². The van der Waals surface area contributed by atoms with E-state index in [1.165, 1.54) is 11.1 Å². The van der Waals surface area contributed by atoms with Crippen LogP contribution in [0.3, 0.4) is 0 Å². The second kappa shape index (κ2) is 6.40. The van der Waals surface area contributed by atoms with Gasteiger partial charge in [-0.15, -0.1) is 0 Å². The van der Waals surface area contributed by atoms with Crippen LogP contribution in [0.15, 0.2) is 18.2 Å². The molecule has 1 aromatic rings. The molecule has 0 atom stereocenters. The highest BCUT2D eigenvalue weighted by Crippen LogP contribution is 2.28. The van der Waals surface area contributed by atoms with Gasteiger partial charge in [0.05, 0.1) is 0 Å². The molecule has 0 spiro atoms. The van der Waals surface area contributed by atoms with Gasteiger partial charge in [-0.25, -0.2) is 0 Å². The SMILES string of the molecule is CC(C)c1ccc(NC(=O)CC(C)(C)N)c(C(C)C)c1. The van der Waals surface area contributed by atoms with Gasteiger partial charge in [0, 0.05) is 17.6 Å². The second-order valence-electron chi connectivity index (χ2n) is 6.87. The predicted molar refractivity (Wildman–Crippen MR) is 86.1 cm³/mol. The van der Waals surface area contributed by atoms with Crippen molar-refractivity contribution in [3.63, 3.8) is 0 Å². The van der Waals surface area contributed by atoms with Gasteiger partial charge >= 0.3 is 0 Å². The average Bonchev–Trinajstić information content (AvgIpc) is 2.25. The van der Waals surface area contributed by atoms with E-state index in [2.05, 4.69) is 45.1 Å². The molecule has 1 amide bonds. The van der Waals surface area contributed by atoms with Crippen LogP contribution < -0.4 is 11.1 Å². The van der Waals surface area contributed by atoms with Gasteiger partial charge in [0.1, 0.15) is 0 Å². The molecule has 0 aliphatic carbocycles. The van der Waals surface area contributed by atoms with Crippen LogP contribution in [0.1, 0.15) is 70.9 Å². The molecule has 3 nitrogen and oxygen atoms in total. The first kappa shape index (κ1) is 16.7. The maximum atomic E-state index is 12.0. The molecular formula is C17H28N2O. The van der Waals surface area contributed by atoms with Crippen LogP contribution in [0.5, 0.6) is 0 Å². The normalized spacial score (nSPS) is 12.1. The zero-order valence-corrected chi connectivity index (χ0v) is 13.6. The molecule has 0 bridgehead atoms. The highest BCUT2D eigenvalue weighted by Gasteiger charge is 2.18. The zero-order valence-electron chi connectivity index (χ0n) is 13.6. The van der Waals surface area contributed by atoms with Crippen LogP contribution >= 0.6 is 0 Å². The third-order valence-electron chi connectivity index (χ3n) is 3.25. The molecule has 0 saturated heterocycles. The summed E-state index contributed by atoms with van der Waals surface area (Å²) in [6.07, 6.45) is 0.316. The Morgan fingerprint density at radius 1 is 1.20 bits per heavy atom. The molecule has 0 heterocycles. The minimum Gasteiger partial charge on any atom is -0.326 e. The molecule has 0 aliphatic rings. The van der Waals surface area contributed by atoms with Gasteiger partial charge in [-0.05, 0) is 42.9 Å². The molecule has 3 N–H and O–H groups in total. The Balaban J connectivity index is 2.97. The number of amides is 1. The van der Waals surface area contributed by atoms with Crippen molar-refractivity contribution in [3.8, 4) is 0 Å². The fourth-order valence-corrected chi connectivity index (χ4v) is 2.14. The highest BCUT2D eigenvalue weighted by atomic mass is 16.1. The minimum atomic E-state index is -0.486. The van der Waals surface area contributed by atoms with E-state index in [1.54, 1.807) is 0 Å². The summed E-state index contributed by atoms with van der Waals surface area (Å²) in [5.41, 5.74) is 8.78. The van der Waals surface area contributed by atoms with Crippen molar-refractivity contribution in [2.24, 2.45) is 5.73 Å². The predicted octanol–water partition coefficient (Wildman–Crippen LogP) is 4.00. The van der Waals surface area contributed by atoms with E-state index in [1.807, 2.05) is 19.9 Å². The van der Waals surface area contributed by atoms with Crippen molar-refractivity contribution >= 4 is 11.6 Å². The molecule has 0 aliphatic heterocycles. The minimum absolute atomic E-state index is 0.0308. The number of anilines is 1. The zero-order chi connectivity index (χ0) is 15.5. The first-order valence-corrected chi connectivity index (χ1v) is 7.32. The van der Waals surface area contributed by atoms with E-state index in [4.69, 9.17) is 5.73 Å². The Bertz CT molecular complexity index is 470. The number of carbonyl (C=O) groups excluding carboxylic acids is 1. The molecule has 0 unspecified atom stereocenters. The van der Waals surface area contributed by atoms with Gasteiger partial charge in [-0.3, -0.25) is 4.79 Å². The van der Waals surface area contributed by atoms with Crippen molar-refractivity contribution in [2.75, 3.05) is 5.32 Å². The fraction of sp³-hybridized carbons (Fsp3) is 0.588. The maximum Gasteiger partial charge on any atom is 0.226 e. The number of benzene rings is 1. The van der Waals surface area contributed by atoms with Crippen molar-refractivity contribution < 1.29 is 4.79 Å². The maximum absolute atomic E-state index is 12.0. The number of nitrogens with two attached hydrogens (primary N) is 1. The Kier molecular flexibility index (Phi) is 5.35. The largest absolute Gasteiger partial charge is 0.326 e. The fourth-order valence-electron chi connectivity index (χ4n) is 2.14. The molecule has 0 saturated carbocycles. The lowest BCUT2D eigenvalue weighted by Gasteiger charge is -2.20. The number of rotatable bonds is 5. The lowest BCUT2D eigenvalue weighted by molar-refractivity contribution is -0.117. The summed E-state index contributed by atoms with van der Waals surface area (Å²) >= 11 is 0. The summed E-state index contributed by atoms with van der Waals surface area (Å²) in [5.74, 6) is 0.826. The molecule has 0 aromatic heterocycles. The summed E-state index contributed by atoms with van der Waals surface area (Å²) < 4.78 is 0.